The fourth-order valence-corrected chi connectivity index (χ4v) is 3.85. The molecule has 2 aromatic heterocycles. The molecule has 26 heavy (non-hydrogen) atoms. The van der Waals surface area contributed by atoms with Crippen LogP contribution in [0, 0.1) is 0 Å². The molecule has 0 radical (unpaired) electrons. The number of hydrogen-bond donors (Lipinski definition) is 1. The third-order valence-corrected chi connectivity index (χ3v) is 5.03. The van der Waals surface area contributed by atoms with Gasteiger partial charge in [-0.15, -0.1) is 0 Å². The maximum atomic E-state index is 6.15. The van der Waals surface area contributed by atoms with Gasteiger partial charge in [0.05, 0.1) is 6.33 Å². The Kier molecular flexibility index (Phi) is 4.34. The van der Waals surface area contributed by atoms with Crippen molar-refractivity contribution in [3.05, 3.63) is 12.7 Å². The van der Waals surface area contributed by atoms with Crippen molar-refractivity contribution >= 4 is 17.0 Å². The first kappa shape index (κ1) is 17.6. The van der Waals surface area contributed by atoms with E-state index in [0.717, 1.165) is 30.1 Å². The van der Waals surface area contributed by atoms with E-state index in [0.29, 0.717) is 6.54 Å². The van der Waals surface area contributed by atoms with E-state index in [4.69, 9.17) is 19.9 Å². The SMILES string of the molecule is CCN(CC)c1ncnc2c1ncn2[C@@H]1O[C@H](CN)[C@H]2OC(C)(C)O[C@H]21. The topological polar surface area (TPSA) is 101 Å². The van der Waals surface area contributed by atoms with E-state index in [1.54, 1.807) is 12.7 Å². The van der Waals surface area contributed by atoms with E-state index in [1.807, 2.05) is 18.4 Å². The zero-order valence-electron chi connectivity index (χ0n) is 15.6. The van der Waals surface area contributed by atoms with Crippen LogP contribution in [0.15, 0.2) is 12.7 Å². The molecule has 0 saturated carbocycles. The van der Waals surface area contributed by atoms with Crippen LogP contribution in [-0.4, -0.2) is 63.3 Å². The Bertz CT molecular complexity index is 790. The fraction of sp³-hybridized carbons (Fsp3) is 0.706. The van der Waals surface area contributed by atoms with Crippen LogP contribution >= 0.6 is 0 Å². The van der Waals surface area contributed by atoms with E-state index in [2.05, 4.69) is 33.7 Å². The minimum atomic E-state index is -0.664. The summed E-state index contributed by atoms with van der Waals surface area (Å²) in [6.45, 7) is 10.1. The number of anilines is 1. The first-order chi connectivity index (χ1) is 12.5. The molecule has 142 valence electrons. The van der Waals surface area contributed by atoms with Crippen LogP contribution in [-0.2, 0) is 14.2 Å². The molecule has 0 bridgehead atoms. The second kappa shape index (κ2) is 6.41. The van der Waals surface area contributed by atoms with Gasteiger partial charge in [0.2, 0.25) is 0 Å². The maximum absolute atomic E-state index is 6.15. The van der Waals surface area contributed by atoms with Gasteiger partial charge in [-0.1, -0.05) is 0 Å². The first-order valence-corrected chi connectivity index (χ1v) is 9.12. The molecule has 4 heterocycles. The molecule has 0 aromatic carbocycles. The highest BCUT2D eigenvalue weighted by Gasteiger charge is 2.55. The molecule has 0 amide bonds. The molecule has 2 fully saturated rings. The Hall–Kier alpha value is -1.81. The Labute approximate surface area is 152 Å². The predicted octanol–water partition coefficient (Wildman–Crippen LogP) is 1.05. The number of nitrogens with two attached hydrogens (primary N) is 1. The molecule has 4 rings (SSSR count). The molecular weight excluding hydrogens is 336 g/mol. The van der Waals surface area contributed by atoms with Crippen molar-refractivity contribution in [3.8, 4) is 0 Å². The molecule has 0 aliphatic carbocycles. The highest BCUT2D eigenvalue weighted by molar-refractivity contribution is 5.83. The molecule has 4 atom stereocenters. The summed E-state index contributed by atoms with van der Waals surface area (Å²) in [5.41, 5.74) is 7.36. The molecular formula is C17H26N6O3. The quantitative estimate of drug-likeness (QED) is 0.842. The molecule has 2 N–H and O–H groups in total. The van der Waals surface area contributed by atoms with Gasteiger partial charge in [-0.05, 0) is 27.7 Å². The number of hydrogen-bond acceptors (Lipinski definition) is 8. The summed E-state index contributed by atoms with van der Waals surface area (Å²) < 4.78 is 20.2. The van der Waals surface area contributed by atoms with Crippen LogP contribution in [0.5, 0.6) is 0 Å². The number of ether oxygens (including phenoxy) is 3. The van der Waals surface area contributed by atoms with Gasteiger partial charge >= 0.3 is 0 Å². The van der Waals surface area contributed by atoms with Crippen molar-refractivity contribution in [2.24, 2.45) is 5.73 Å². The standard InChI is InChI=1S/C17H26N6O3/c1-5-22(6-2)14-11-15(20-8-19-14)23(9-21-11)16-13-12(10(7-18)24-16)25-17(3,4)26-13/h8-10,12-13,16H,5-7,18H2,1-4H3/t10-,12-,13-,16-/m1/s1. The van der Waals surface area contributed by atoms with Gasteiger partial charge in [0.25, 0.3) is 0 Å². The molecule has 9 nitrogen and oxygen atoms in total. The van der Waals surface area contributed by atoms with Gasteiger partial charge in [-0.3, -0.25) is 4.57 Å². The summed E-state index contributed by atoms with van der Waals surface area (Å²) in [7, 11) is 0. The third-order valence-electron chi connectivity index (χ3n) is 5.03. The average molecular weight is 362 g/mol. The Balaban J connectivity index is 1.74. The average Bonchev–Trinajstić information content (AvgIpc) is 3.26. The van der Waals surface area contributed by atoms with E-state index in [1.165, 1.54) is 0 Å². The van der Waals surface area contributed by atoms with Crippen molar-refractivity contribution in [1.29, 1.82) is 0 Å². The van der Waals surface area contributed by atoms with Gasteiger partial charge in [-0.25, -0.2) is 15.0 Å². The summed E-state index contributed by atoms with van der Waals surface area (Å²) in [4.78, 5) is 15.6. The Morgan fingerprint density at radius 3 is 2.58 bits per heavy atom. The van der Waals surface area contributed by atoms with Crippen LogP contribution in [0.2, 0.25) is 0 Å². The summed E-state index contributed by atoms with van der Waals surface area (Å²) in [5.74, 6) is 0.162. The summed E-state index contributed by atoms with van der Waals surface area (Å²) in [6.07, 6.45) is 2.22. The third kappa shape index (κ3) is 2.66. The van der Waals surface area contributed by atoms with Gasteiger partial charge in [0, 0.05) is 19.6 Å². The molecule has 2 aliphatic heterocycles. The Morgan fingerprint density at radius 1 is 1.15 bits per heavy atom. The summed E-state index contributed by atoms with van der Waals surface area (Å²) in [6, 6.07) is 0. The Morgan fingerprint density at radius 2 is 1.88 bits per heavy atom. The zero-order chi connectivity index (χ0) is 18.5. The lowest BCUT2D eigenvalue weighted by atomic mass is 10.1. The normalized spacial score (nSPS) is 30.0. The molecule has 2 aromatic rings. The van der Waals surface area contributed by atoms with Gasteiger partial charge in [0.1, 0.15) is 24.6 Å². The number of aromatic nitrogens is 4. The van der Waals surface area contributed by atoms with Crippen LogP contribution in [0.4, 0.5) is 5.82 Å². The van der Waals surface area contributed by atoms with E-state index in [9.17, 15) is 0 Å². The van der Waals surface area contributed by atoms with E-state index < -0.39 is 5.79 Å². The van der Waals surface area contributed by atoms with Crippen molar-refractivity contribution in [1.82, 2.24) is 19.5 Å². The minimum absolute atomic E-state index is 0.207. The lowest BCUT2D eigenvalue weighted by Gasteiger charge is -2.24. The number of nitrogens with zero attached hydrogens (tertiary/aromatic N) is 5. The summed E-state index contributed by atoms with van der Waals surface area (Å²) in [5, 5.41) is 0. The fourth-order valence-electron chi connectivity index (χ4n) is 3.85. The lowest BCUT2D eigenvalue weighted by molar-refractivity contribution is -0.195. The van der Waals surface area contributed by atoms with Gasteiger partial charge in [0.15, 0.2) is 29.0 Å². The largest absolute Gasteiger partial charge is 0.355 e. The predicted molar refractivity (Wildman–Crippen MR) is 95.7 cm³/mol. The minimum Gasteiger partial charge on any atom is -0.355 e. The molecule has 2 aliphatic rings. The number of imidazole rings is 1. The monoisotopic (exact) mass is 362 g/mol. The van der Waals surface area contributed by atoms with Crippen LogP contribution in [0.25, 0.3) is 11.2 Å². The maximum Gasteiger partial charge on any atom is 0.167 e. The van der Waals surface area contributed by atoms with E-state index in [-0.39, 0.29) is 24.5 Å². The van der Waals surface area contributed by atoms with E-state index >= 15 is 0 Å². The molecule has 0 unspecified atom stereocenters. The van der Waals surface area contributed by atoms with Gasteiger partial charge in [-0.2, -0.15) is 0 Å². The number of fused-ring (bicyclic) bond motifs is 2. The van der Waals surface area contributed by atoms with Crippen LogP contribution < -0.4 is 10.6 Å². The highest BCUT2D eigenvalue weighted by Crippen LogP contribution is 2.43. The lowest BCUT2D eigenvalue weighted by Crippen LogP contribution is -2.34. The van der Waals surface area contributed by atoms with Crippen molar-refractivity contribution < 1.29 is 14.2 Å². The zero-order valence-corrected chi connectivity index (χ0v) is 15.6. The summed E-state index contributed by atoms with van der Waals surface area (Å²) >= 11 is 0. The number of rotatable bonds is 5. The van der Waals surface area contributed by atoms with Crippen molar-refractivity contribution in [2.75, 3.05) is 24.5 Å². The van der Waals surface area contributed by atoms with Crippen LogP contribution in [0.3, 0.4) is 0 Å². The second-order valence-corrected chi connectivity index (χ2v) is 7.06. The molecule has 2 saturated heterocycles. The smallest absolute Gasteiger partial charge is 0.167 e. The van der Waals surface area contributed by atoms with Gasteiger partial charge < -0.3 is 24.8 Å². The first-order valence-electron chi connectivity index (χ1n) is 9.12. The highest BCUT2D eigenvalue weighted by atomic mass is 16.8. The van der Waals surface area contributed by atoms with Crippen LogP contribution in [0.1, 0.15) is 33.9 Å². The van der Waals surface area contributed by atoms with Crippen molar-refractivity contribution in [3.63, 3.8) is 0 Å². The van der Waals surface area contributed by atoms with Crippen molar-refractivity contribution in [2.45, 2.75) is 58.0 Å². The second-order valence-electron chi connectivity index (χ2n) is 7.06. The molecule has 9 heteroatoms. The molecule has 0 spiro atoms.